The fourth-order valence-corrected chi connectivity index (χ4v) is 7.11. The molecule has 2 aliphatic rings. The number of aryl methyl sites for hydroxylation is 3. The number of hydrogen-bond donors (Lipinski definition) is 2. The zero-order valence-electron chi connectivity index (χ0n) is 24.0. The molecule has 0 radical (unpaired) electrons. The minimum atomic E-state index is -0.655. The zero-order chi connectivity index (χ0) is 29.4. The number of aromatic nitrogens is 3. The SMILES string of the molecule is Cc1ccc(OCc2ccc(C(=O)NCc3cncn3C)cc2C)c(-c2csc(N3CC4CCC(C3)C4C(=O)O)n2)c1. The molecule has 42 heavy (non-hydrogen) atoms. The van der Waals surface area contributed by atoms with Crippen LogP contribution in [0.25, 0.3) is 11.3 Å². The largest absolute Gasteiger partial charge is 0.488 e. The van der Waals surface area contributed by atoms with Gasteiger partial charge in [-0.15, -0.1) is 11.3 Å². The first-order chi connectivity index (χ1) is 20.3. The Kier molecular flexibility index (Phi) is 7.72. The number of amides is 1. The second-order valence-corrected chi connectivity index (χ2v) is 12.3. The number of rotatable bonds is 9. The second kappa shape index (κ2) is 11.6. The highest BCUT2D eigenvalue weighted by Gasteiger charge is 2.46. The molecular formula is C32H35N5O4S. The van der Waals surface area contributed by atoms with Gasteiger partial charge in [0.15, 0.2) is 5.13 Å². The van der Waals surface area contributed by atoms with Crippen molar-refractivity contribution in [1.29, 1.82) is 0 Å². The summed E-state index contributed by atoms with van der Waals surface area (Å²) in [6.45, 7) is 6.30. The van der Waals surface area contributed by atoms with E-state index in [1.807, 2.05) is 48.9 Å². The number of carboxylic acids is 1. The third kappa shape index (κ3) is 5.63. The summed E-state index contributed by atoms with van der Waals surface area (Å²) >= 11 is 1.60. The molecule has 10 heteroatoms. The van der Waals surface area contributed by atoms with Gasteiger partial charge in [0.2, 0.25) is 0 Å². The van der Waals surface area contributed by atoms with Gasteiger partial charge in [0, 0.05) is 42.8 Å². The lowest BCUT2D eigenvalue weighted by molar-refractivity contribution is -0.144. The van der Waals surface area contributed by atoms with Crippen LogP contribution in [0.15, 0.2) is 54.3 Å². The number of anilines is 1. The van der Waals surface area contributed by atoms with E-state index in [9.17, 15) is 14.7 Å². The van der Waals surface area contributed by atoms with Gasteiger partial charge in [-0.1, -0.05) is 17.7 Å². The molecule has 218 valence electrons. The van der Waals surface area contributed by atoms with E-state index in [1.54, 1.807) is 23.9 Å². The Morgan fingerprint density at radius 3 is 2.60 bits per heavy atom. The van der Waals surface area contributed by atoms with Crippen molar-refractivity contribution in [3.05, 3.63) is 82.3 Å². The lowest BCUT2D eigenvalue weighted by Gasteiger charge is -2.35. The minimum Gasteiger partial charge on any atom is -0.488 e. The zero-order valence-corrected chi connectivity index (χ0v) is 24.9. The predicted molar refractivity (Wildman–Crippen MR) is 162 cm³/mol. The quantitative estimate of drug-likeness (QED) is 0.277. The number of hydrogen-bond acceptors (Lipinski definition) is 7. The summed E-state index contributed by atoms with van der Waals surface area (Å²) in [5, 5.41) is 15.6. The van der Waals surface area contributed by atoms with Gasteiger partial charge in [-0.25, -0.2) is 9.97 Å². The number of fused-ring (bicyclic) bond motifs is 2. The molecule has 2 unspecified atom stereocenters. The van der Waals surface area contributed by atoms with Crippen molar-refractivity contribution in [3.8, 4) is 17.0 Å². The number of carboxylic acid groups (broad SMARTS) is 1. The highest BCUT2D eigenvalue weighted by atomic mass is 32.1. The third-order valence-corrected chi connectivity index (χ3v) is 9.53. The van der Waals surface area contributed by atoms with Crippen molar-refractivity contribution in [1.82, 2.24) is 19.9 Å². The molecule has 4 aromatic rings. The van der Waals surface area contributed by atoms with Crippen LogP contribution in [0.2, 0.25) is 0 Å². The summed E-state index contributed by atoms with van der Waals surface area (Å²) in [5.41, 5.74) is 6.42. The number of imidazole rings is 1. The van der Waals surface area contributed by atoms with Gasteiger partial charge in [-0.05, 0) is 73.9 Å². The molecule has 1 amide bonds. The van der Waals surface area contributed by atoms with Gasteiger partial charge in [0.25, 0.3) is 5.91 Å². The molecule has 1 saturated heterocycles. The predicted octanol–water partition coefficient (Wildman–Crippen LogP) is 5.22. The van der Waals surface area contributed by atoms with Gasteiger partial charge in [-0.2, -0.15) is 0 Å². The highest BCUT2D eigenvalue weighted by molar-refractivity contribution is 7.14. The van der Waals surface area contributed by atoms with Gasteiger partial charge >= 0.3 is 5.97 Å². The summed E-state index contributed by atoms with van der Waals surface area (Å²) in [5.74, 6) is 0.112. The van der Waals surface area contributed by atoms with E-state index >= 15 is 0 Å². The Balaban J connectivity index is 1.13. The van der Waals surface area contributed by atoms with E-state index in [0.717, 1.165) is 70.5 Å². The van der Waals surface area contributed by atoms with Crippen LogP contribution in [0.3, 0.4) is 0 Å². The van der Waals surface area contributed by atoms with Gasteiger partial charge in [0.05, 0.1) is 30.2 Å². The van der Waals surface area contributed by atoms with Crippen LogP contribution in [0, 0.1) is 31.6 Å². The van der Waals surface area contributed by atoms with E-state index in [2.05, 4.69) is 33.6 Å². The van der Waals surface area contributed by atoms with E-state index in [4.69, 9.17) is 9.72 Å². The number of nitrogens with one attached hydrogen (secondary N) is 1. The molecule has 3 heterocycles. The Morgan fingerprint density at radius 2 is 1.90 bits per heavy atom. The topological polar surface area (TPSA) is 110 Å². The maximum absolute atomic E-state index is 12.7. The van der Waals surface area contributed by atoms with Crippen LogP contribution >= 0.6 is 11.3 Å². The summed E-state index contributed by atoms with van der Waals surface area (Å²) in [7, 11) is 1.90. The Morgan fingerprint density at radius 1 is 1.12 bits per heavy atom. The first kappa shape index (κ1) is 28.0. The van der Waals surface area contributed by atoms with Gasteiger partial charge in [-0.3, -0.25) is 9.59 Å². The minimum absolute atomic E-state index is 0.132. The number of thiazole rings is 1. The van der Waals surface area contributed by atoms with Crippen LogP contribution in [0.5, 0.6) is 5.75 Å². The Bertz CT molecular complexity index is 1610. The Labute approximate surface area is 249 Å². The standard InChI is InChI=1S/C32H35N5O4S/c1-19-4-9-28(41-16-24-8-5-21(11-20(24)2)30(38)34-13-25-12-33-18-36(25)3)26(10-19)27-17-42-32(35-27)37-14-22-6-7-23(15-37)29(22)31(39)40/h4-5,8-12,17-18,22-23,29H,6-7,13-16H2,1-3H3,(H,34,38)(H,39,40). The summed E-state index contributed by atoms with van der Waals surface area (Å²) in [4.78, 5) is 35.8. The molecule has 6 rings (SSSR count). The van der Waals surface area contributed by atoms with E-state index < -0.39 is 5.97 Å². The number of benzene rings is 2. The first-order valence-corrected chi connectivity index (χ1v) is 15.1. The monoisotopic (exact) mass is 585 g/mol. The lowest BCUT2D eigenvalue weighted by atomic mass is 9.85. The normalized spacial score (nSPS) is 19.6. The first-order valence-electron chi connectivity index (χ1n) is 14.3. The molecule has 2 bridgehead atoms. The maximum atomic E-state index is 12.7. The molecule has 2 fully saturated rings. The van der Waals surface area contributed by atoms with Crippen molar-refractivity contribution < 1.29 is 19.4 Å². The van der Waals surface area contributed by atoms with Crippen LogP contribution in [-0.4, -0.2) is 44.6 Å². The van der Waals surface area contributed by atoms with Gasteiger partial charge in [0.1, 0.15) is 12.4 Å². The van der Waals surface area contributed by atoms with Crippen molar-refractivity contribution in [2.24, 2.45) is 24.8 Å². The highest BCUT2D eigenvalue weighted by Crippen LogP contribution is 2.44. The molecule has 1 aliphatic heterocycles. The van der Waals surface area contributed by atoms with E-state index in [1.165, 1.54) is 0 Å². The average Bonchev–Trinajstić information content (AvgIpc) is 3.69. The summed E-state index contributed by atoms with van der Waals surface area (Å²) in [6, 6.07) is 11.8. The average molecular weight is 586 g/mol. The molecule has 2 aromatic heterocycles. The van der Waals surface area contributed by atoms with Crippen molar-refractivity contribution >= 4 is 28.3 Å². The number of nitrogens with zero attached hydrogens (tertiary/aromatic N) is 4. The molecular weight excluding hydrogens is 550 g/mol. The van der Waals surface area contributed by atoms with Crippen LogP contribution in [-0.2, 0) is 25.0 Å². The summed E-state index contributed by atoms with van der Waals surface area (Å²) in [6.07, 6.45) is 5.40. The fourth-order valence-electron chi connectivity index (χ4n) is 6.27. The number of carbonyl (C=O) groups excluding carboxylic acids is 1. The maximum Gasteiger partial charge on any atom is 0.307 e. The van der Waals surface area contributed by atoms with Crippen LogP contribution in [0.1, 0.15) is 45.6 Å². The summed E-state index contributed by atoms with van der Waals surface area (Å²) < 4.78 is 8.22. The lowest BCUT2D eigenvalue weighted by Crippen LogP contribution is -2.44. The van der Waals surface area contributed by atoms with Crippen molar-refractivity contribution in [2.75, 3.05) is 18.0 Å². The number of carbonyl (C=O) groups is 2. The fraction of sp³-hybridized carbons (Fsp3) is 0.375. The molecule has 2 atom stereocenters. The number of ether oxygens (including phenoxy) is 1. The molecule has 0 spiro atoms. The van der Waals surface area contributed by atoms with Crippen LogP contribution < -0.4 is 15.0 Å². The number of aliphatic carboxylic acids is 1. The second-order valence-electron chi connectivity index (χ2n) is 11.5. The third-order valence-electron chi connectivity index (χ3n) is 8.63. The molecule has 1 aliphatic carbocycles. The van der Waals surface area contributed by atoms with Crippen molar-refractivity contribution in [3.63, 3.8) is 0 Å². The molecule has 2 aromatic carbocycles. The van der Waals surface area contributed by atoms with Gasteiger partial charge < -0.3 is 24.6 Å². The van der Waals surface area contributed by atoms with E-state index in [0.29, 0.717) is 18.7 Å². The van der Waals surface area contributed by atoms with Crippen LogP contribution in [0.4, 0.5) is 5.13 Å². The smallest absolute Gasteiger partial charge is 0.307 e. The Hall–Kier alpha value is -4.18. The van der Waals surface area contributed by atoms with Crippen molar-refractivity contribution in [2.45, 2.75) is 39.8 Å². The molecule has 1 saturated carbocycles. The van der Waals surface area contributed by atoms with E-state index in [-0.39, 0.29) is 23.7 Å². The molecule has 9 nitrogen and oxygen atoms in total. The number of piperidine rings is 1. The molecule has 2 N–H and O–H groups in total.